The zero-order valence-corrected chi connectivity index (χ0v) is 14.0. The van der Waals surface area contributed by atoms with Crippen molar-refractivity contribution in [3.63, 3.8) is 0 Å². The van der Waals surface area contributed by atoms with Gasteiger partial charge in [0.05, 0.1) is 6.54 Å². The van der Waals surface area contributed by atoms with Gasteiger partial charge in [0, 0.05) is 22.4 Å². The predicted molar refractivity (Wildman–Crippen MR) is 87.5 cm³/mol. The van der Waals surface area contributed by atoms with E-state index in [-0.39, 0.29) is 11.3 Å². The third-order valence-electron chi connectivity index (χ3n) is 2.47. The van der Waals surface area contributed by atoms with Gasteiger partial charge in [0.1, 0.15) is 0 Å². The summed E-state index contributed by atoms with van der Waals surface area (Å²) in [5.41, 5.74) is 5.50. The minimum Gasteiger partial charge on any atom is -0.368 e. The lowest BCUT2D eigenvalue weighted by Gasteiger charge is -2.18. The minimum absolute atomic E-state index is 0.0954. The standard InChI is InChI=1S/C15H21N3O3S/c1-15(2,3)22-11-7-5-10(6-8-11)17-13(20)14(21)18(4)9-12(16)19/h5-8H,9H2,1-4H3,(H2,16,19)(H,17,20). The van der Waals surface area contributed by atoms with Crippen LogP contribution in [0.25, 0.3) is 0 Å². The van der Waals surface area contributed by atoms with Gasteiger partial charge in [0.15, 0.2) is 0 Å². The van der Waals surface area contributed by atoms with Crippen molar-refractivity contribution in [2.45, 2.75) is 30.4 Å². The number of nitrogens with two attached hydrogens (primary N) is 1. The molecule has 1 rings (SSSR count). The number of hydrogen-bond acceptors (Lipinski definition) is 4. The molecule has 6 nitrogen and oxygen atoms in total. The zero-order valence-electron chi connectivity index (χ0n) is 13.2. The maximum absolute atomic E-state index is 11.8. The molecule has 0 aliphatic rings. The molecule has 0 radical (unpaired) electrons. The molecule has 0 aliphatic heterocycles. The van der Waals surface area contributed by atoms with E-state index in [1.807, 2.05) is 12.1 Å². The van der Waals surface area contributed by atoms with E-state index in [9.17, 15) is 14.4 Å². The van der Waals surface area contributed by atoms with E-state index >= 15 is 0 Å². The molecule has 0 saturated heterocycles. The van der Waals surface area contributed by atoms with Crippen LogP contribution < -0.4 is 11.1 Å². The van der Waals surface area contributed by atoms with Gasteiger partial charge in [0.25, 0.3) is 0 Å². The molecule has 7 heteroatoms. The highest BCUT2D eigenvalue weighted by Crippen LogP contribution is 2.32. The lowest BCUT2D eigenvalue weighted by Crippen LogP contribution is -2.41. The first-order valence-corrected chi connectivity index (χ1v) is 7.54. The molecule has 0 fully saturated rings. The average molecular weight is 323 g/mol. The molecule has 1 aromatic rings. The quantitative estimate of drug-likeness (QED) is 0.648. The first-order chi connectivity index (χ1) is 10.1. The van der Waals surface area contributed by atoms with Gasteiger partial charge in [-0.3, -0.25) is 14.4 Å². The lowest BCUT2D eigenvalue weighted by atomic mass is 10.3. The van der Waals surface area contributed by atoms with E-state index < -0.39 is 17.7 Å². The van der Waals surface area contributed by atoms with E-state index in [0.29, 0.717) is 5.69 Å². The van der Waals surface area contributed by atoms with Crippen molar-refractivity contribution in [2.75, 3.05) is 18.9 Å². The molecule has 0 bridgehead atoms. The van der Waals surface area contributed by atoms with Crippen LogP contribution in [0.2, 0.25) is 0 Å². The van der Waals surface area contributed by atoms with E-state index in [1.54, 1.807) is 23.9 Å². The Morgan fingerprint density at radius 2 is 1.73 bits per heavy atom. The number of anilines is 1. The molecule has 0 aliphatic carbocycles. The molecule has 0 spiro atoms. The smallest absolute Gasteiger partial charge is 0.313 e. The molecule has 0 unspecified atom stereocenters. The predicted octanol–water partition coefficient (Wildman–Crippen LogP) is 1.46. The van der Waals surface area contributed by atoms with Gasteiger partial charge in [-0.1, -0.05) is 20.8 Å². The summed E-state index contributed by atoms with van der Waals surface area (Å²) in [4.78, 5) is 36.3. The molecule has 0 heterocycles. The Labute approximate surface area is 134 Å². The van der Waals surface area contributed by atoms with Crippen LogP contribution in [0.1, 0.15) is 20.8 Å². The topological polar surface area (TPSA) is 92.5 Å². The largest absolute Gasteiger partial charge is 0.368 e. The van der Waals surface area contributed by atoms with E-state index in [4.69, 9.17) is 5.73 Å². The first-order valence-electron chi connectivity index (χ1n) is 6.72. The number of rotatable bonds is 4. The fourth-order valence-electron chi connectivity index (χ4n) is 1.62. The maximum Gasteiger partial charge on any atom is 0.313 e. The Morgan fingerprint density at radius 1 is 1.18 bits per heavy atom. The van der Waals surface area contributed by atoms with Gasteiger partial charge in [-0.25, -0.2) is 0 Å². The van der Waals surface area contributed by atoms with Crippen molar-refractivity contribution in [3.05, 3.63) is 24.3 Å². The third kappa shape index (κ3) is 6.17. The molecular formula is C15H21N3O3S. The molecular weight excluding hydrogens is 302 g/mol. The zero-order chi connectivity index (χ0) is 16.9. The van der Waals surface area contributed by atoms with Crippen LogP contribution in [0.5, 0.6) is 0 Å². The van der Waals surface area contributed by atoms with E-state index in [0.717, 1.165) is 9.80 Å². The summed E-state index contributed by atoms with van der Waals surface area (Å²) in [6.45, 7) is 6.04. The normalized spacial score (nSPS) is 10.9. The van der Waals surface area contributed by atoms with Crippen LogP contribution in [0, 0.1) is 0 Å². The van der Waals surface area contributed by atoms with Gasteiger partial charge in [-0.05, 0) is 24.3 Å². The van der Waals surface area contributed by atoms with Crippen molar-refractivity contribution in [3.8, 4) is 0 Å². The van der Waals surface area contributed by atoms with Crippen LogP contribution in [-0.2, 0) is 14.4 Å². The summed E-state index contributed by atoms with van der Waals surface area (Å²) in [7, 11) is 1.34. The second-order valence-corrected chi connectivity index (χ2v) is 7.72. The number of amides is 3. The number of thioether (sulfide) groups is 1. The minimum atomic E-state index is -0.813. The summed E-state index contributed by atoms with van der Waals surface area (Å²) in [6, 6.07) is 7.22. The van der Waals surface area contributed by atoms with Crippen molar-refractivity contribution in [1.29, 1.82) is 0 Å². The summed E-state index contributed by atoms with van der Waals surface area (Å²) < 4.78 is 0.0954. The van der Waals surface area contributed by atoms with Gasteiger partial charge in [-0.2, -0.15) is 0 Å². The SMILES string of the molecule is CN(CC(N)=O)C(=O)C(=O)Nc1ccc(SC(C)(C)C)cc1. The number of nitrogens with zero attached hydrogens (tertiary/aromatic N) is 1. The number of carbonyl (C=O) groups excluding carboxylic acids is 3. The summed E-state index contributed by atoms with van der Waals surface area (Å²) in [5.74, 6) is -2.29. The molecule has 3 N–H and O–H groups in total. The van der Waals surface area contributed by atoms with E-state index in [2.05, 4.69) is 26.1 Å². The molecule has 1 aromatic carbocycles. The monoisotopic (exact) mass is 323 g/mol. The maximum atomic E-state index is 11.8. The number of benzene rings is 1. The number of primary amides is 1. The Balaban J connectivity index is 2.65. The van der Waals surface area contributed by atoms with E-state index in [1.165, 1.54) is 7.05 Å². The highest BCUT2D eigenvalue weighted by Gasteiger charge is 2.20. The number of hydrogen-bond donors (Lipinski definition) is 2. The third-order valence-corrected chi connectivity index (χ3v) is 3.59. The summed E-state index contributed by atoms with van der Waals surface area (Å²) >= 11 is 1.71. The Morgan fingerprint density at radius 3 is 2.18 bits per heavy atom. The van der Waals surface area contributed by atoms with Gasteiger partial charge < -0.3 is 16.0 Å². The highest BCUT2D eigenvalue weighted by atomic mass is 32.2. The van der Waals surface area contributed by atoms with Crippen LogP contribution in [0.3, 0.4) is 0 Å². The summed E-state index contributed by atoms with van der Waals surface area (Å²) in [6.07, 6.45) is 0. The van der Waals surface area contributed by atoms with Crippen LogP contribution >= 0.6 is 11.8 Å². The summed E-state index contributed by atoms with van der Waals surface area (Å²) in [5, 5.41) is 2.49. The first kappa shape index (κ1) is 18.0. The van der Waals surface area contributed by atoms with Crippen molar-refractivity contribution >= 4 is 35.2 Å². The number of carbonyl (C=O) groups is 3. The van der Waals surface area contributed by atoms with Crippen molar-refractivity contribution in [2.24, 2.45) is 5.73 Å². The van der Waals surface area contributed by atoms with Crippen LogP contribution in [0.4, 0.5) is 5.69 Å². The molecule has 0 aromatic heterocycles. The molecule has 0 atom stereocenters. The van der Waals surface area contributed by atoms with Gasteiger partial charge in [0.2, 0.25) is 5.91 Å². The van der Waals surface area contributed by atoms with Crippen LogP contribution in [-0.4, -0.2) is 41.0 Å². The number of likely N-dealkylation sites (N-methyl/N-ethyl adjacent to an activating group) is 1. The molecule has 120 valence electrons. The average Bonchev–Trinajstić information content (AvgIpc) is 2.37. The lowest BCUT2D eigenvalue weighted by molar-refractivity contribution is -0.143. The number of nitrogens with one attached hydrogen (secondary N) is 1. The fraction of sp³-hybridized carbons (Fsp3) is 0.400. The fourth-order valence-corrected chi connectivity index (χ4v) is 2.60. The Hall–Kier alpha value is -2.02. The Kier molecular flexibility index (Phi) is 5.99. The van der Waals surface area contributed by atoms with Gasteiger partial charge in [-0.15, -0.1) is 11.8 Å². The molecule has 22 heavy (non-hydrogen) atoms. The van der Waals surface area contributed by atoms with Crippen molar-refractivity contribution < 1.29 is 14.4 Å². The van der Waals surface area contributed by atoms with Crippen LogP contribution in [0.15, 0.2) is 29.2 Å². The Bertz CT molecular complexity index is 564. The van der Waals surface area contributed by atoms with Gasteiger partial charge >= 0.3 is 11.8 Å². The second-order valence-electron chi connectivity index (χ2n) is 5.82. The van der Waals surface area contributed by atoms with Crippen molar-refractivity contribution in [1.82, 2.24) is 4.90 Å². The molecule has 3 amide bonds. The molecule has 0 saturated carbocycles. The second kappa shape index (κ2) is 7.31. The highest BCUT2D eigenvalue weighted by molar-refractivity contribution is 8.00.